The molecule has 2 atom stereocenters. The molecule has 0 aliphatic heterocycles. The monoisotopic (exact) mass is 387 g/mol. The van der Waals surface area contributed by atoms with Gasteiger partial charge in [-0.2, -0.15) is 0 Å². The average molecular weight is 388 g/mol. The molecule has 2 rings (SSSR count). The Kier molecular flexibility index (Phi) is 11.2. The van der Waals surface area contributed by atoms with Crippen LogP contribution in [0.25, 0.3) is 0 Å². The van der Waals surface area contributed by atoms with E-state index in [1.807, 2.05) is 0 Å². The van der Waals surface area contributed by atoms with Crippen LogP contribution in [0.1, 0.15) is 76.3 Å². The highest BCUT2D eigenvalue weighted by molar-refractivity contribution is 8.18. The highest BCUT2D eigenvalue weighted by Gasteiger charge is 2.11. The molecule has 0 spiro atoms. The Morgan fingerprint density at radius 1 is 0.654 bits per heavy atom. The maximum atomic E-state index is 2.39. The molecule has 0 saturated carbocycles. The predicted octanol–water partition coefficient (Wildman–Crippen LogP) is 6.89. The van der Waals surface area contributed by atoms with Gasteiger partial charge in [0.2, 0.25) is 0 Å². The van der Waals surface area contributed by atoms with E-state index >= 15 is 0 Å². The Bertz CT molecular complexity index is 566. The van der Waals surface area contributed by atoms with E-state index in [0.29, 0.717) is 8.27 Å². The summed E-state index contributed by atoms with van der Waals surface area (Å²) in [6, 6.07) is 18.4. The summed E-state index contributed by atoms with van der Waals surface area (Å²) in [5.41, 5.74) is 3.22. The summed E-state index contributed by atoms with van der Waals surface area (Å²) in [6.07, 6.45) is 13.4. The van der Waals surface area contributed by atoms with Gasteiger partial charge in [-0.25, -0.2) is 0 Å². The third-order valence-corrected chi connectivity index (χ3v) is 9.17. The van der Waals surface area contributed by atoms with Crippen LogP contribution in [-0.2, 0) is 12.8 Å². The molecule has 0 N–H and O–H groups in total. The smallest absolute Gasteiger partial charge is 0.0654 e. The Hall–Kier alpha value is -0.700. The SMILES string of the molecule is CCCCCCc1ccccc1P[PH2+]c1ccccc1CCCCCC. The lowest BCUT2D eigenvalue weighted by Crippen LogP contribution is -2.06. The highest BCUT2D eigenvalue weighted by atomic mass is 32.0. The van der Waals surface area contributed by atoms with Crippen LogP contribution in [0.5, 0.6) is 0 Å². The lowest BCUT2D eigenvalue weighted by atomic mass is 10.1. The molecule has 2 aromatic carbocycles. The second-order valence-electron chi connectivity index (χ2n) is 7.27. The van der Waals surface area contributed by atoms with Crippen LogP contribution >= 0.6 is 16.5 Å². The van der Waals surface area contributed by atoms with Crippen molar-refractivity contribution in [3.8, 4) is 0 Å². The number of benzene rings is 2. The van der Waals surface area contributed by atoms with E-state index in [9.17, 15) is 0 Å². The molecule has 2 aromatic rings. The lowest BCUT2D eigenvalue weighted by Gasteiger charge is -2.08. The van der Waals surface area contributed by atoms with Crippen molar-refractivity contribution in [2.75, 3.05) is 0 Å². The Labute approximate surface area is 165 Å². The normalized spacial score (nSPS) is 11.9. The van der Waals surface area contributed by atoms with E-state index in [1.165, 1.54) is 64.2 Å². The zero-order chi connectivity index (χ0) is 18.5. The van der Waals surface area contributed by atoms with E-state index in [1.54, 1.807) is 21.7 Å². The fourth-order valence-electron chi connectivity index (χ4n) is 3.42. The van der Waals surface area contributed by atoms with Crippen LogP contribution < -0.4 is 10.6 Å². The van der Waals surface area contributed by atoms with Gasteiger partial charge in [0, 0.05) is 13.6 Å². The summed E-state index contributed by atoms with van der Waals surface area (Å²) < 4.78 is 0. The zero-order valence-corrected chi connectivity index (χ0v) is 18.9. The number of hydrogen-bond donors (Lipinski definition) is 0. The molecule has 2 heteroatoms. The van der Waals surface area contributed by atoms with Gasteiger partial charge >= 0.3 is 0 Å². The molecule has 0 heterocycles. The summed E-state index contributed by atoms with van der Waals surface area (Å²) in [4.78, 5) is 0. The van der Waals surface area contributed by atoms with Gasteiger partial charge < -0.3 is 0 Å². The summed E-state index contributed by atoms with van der Waals surface area (Å²) in [7, 11) is 1.34. The molecule has 2 unspecified atom stereocenters. The van der Waals surface area contributed by atoms with E-state index in [0.717, 1.165) is 8.27 Å². The van der Waals surface area contributed by atoms with E-state index < -0.39 is 0 Å². The van der Waals surface area contributed by atoms with Gasteiger partial charge in [0.25, 0.3) is 0 Å². The molecule has 0 aliphatic carbocycles. The first-order valence-electron chi connectivity index (χ1n) is 10.6. The topological polar surface area (TPSA) is 0 Å². The van der Waals surface area contributed by atoms with Crippen LogP contribution in [0.15, 0.2) is 48.5 Å². The summed E-state index contributed by atoms with van der Waals surface area (Å²) in [6.45, 7) is 4.58. The molecule has 0 aliphatic rings. The van der Waals surface area contributed by atoms with Gasteiger partial charge in [-0.15, -0.1) is 0 Å². The highest BCUT2D eigenvalue weighted by Crippen LogP contribution is 2.37. The van der Waals surface area contributed by atoms with Crippen molar-refractivity contribution >= 4 is 27.1 Å². The van der Waals surface area contributed by atoms with Crippen molar-refractivity contribution in [1.29, 1.82) is 0 Å². The third-order valence-electron chi connectivity index (χ3n) is 5.05. The summed E-state index contributed by atoms with van der Waals surface area (Å²) in [5, 5.41) is 3.28. The first kappa shape index (κ1) is 21.6. The van der Waals surface area contributed by atoms with Crippen LogP contribution in [0.2, 0.25) is 0 Å². The van der Waals surface area contributed by atoms with Gasteiger partial charge in [-0.05, 0) is 42.9 Å². The molecule has 142 valence electrons. The van der Waals surface area contributed by atoms with Gasteiger partial charge in [0.05, 0.1) is 13.6 Å². The second-order valence-corrected chi connectivity index (χ2v) is 10.7. The molecule has 0 amide bonds. The molecule has 0 radical (unpaired) electrons. The average Bonchev–Trinajstić information content (AvgIpc) is 2.68. The quantitative estimate of drug-likeness (QED) is 0.259. The van der Waals surface area contributed by atoms with E-state index in [2.05, 4.69) is 62.4 Å². The molecular formula is C24H37P2+. The standard InChI is InChI=1S/C24H36P2/c1-3-5-7-9-15-21-17-11-13-19-23(21)25-26-24-20-14-12-18-22(24)16-10-8-6-4-2/h11-14,17-20,25-26H,3-10,15-16H2,1-2H3/p+1. The molecule has 0 aromatic heterocycles. The Morgan fingerprint density at radius 3 is 1.92 bits per heavy atom. The van der Waals surface area contributed by atoms with Gasteiger partial charge in [0.15, 0.2) is 0 Å². The molecule has 26 heavy (non-hydrogen) atoms. The molecule has 0 fully saturated rings. The minimum Gasteiger partial charge on any atom is -0.0654 e. The minimum atomic E-state index is 0.359. The second kappa shape index (κ2) is 13.5. The van der Waals surface area contributed by atoms with Crippen LogP contribution in [0, 0.1) is 0 Å². The van der Waals surface area contributed by atoms with Crippen molar-refractivity contribution in [2.45, 2.75) is 78.1 Å². The van der Waals surface area contributed by atoms with Crippen LogP contribution in [-0.4, -0.2) is 0 Å². The van der Waals surface area contributed by atoms with E-state index in [-0.39, 0.29) is 0 Å². The molecule has 0 nitrogen and oxygen atoms in total. The Morgan fingerprint density at radius 2 is 1.23 bits per heavy atom. The lowest BCUT2D eigenvalue weighted by molar-refractivity contribution is 0.668. The van der Waals surface area contributed by atoms with Crippen molar-refractivity contribution in [1.82, 2.24) is 0 Å². The largest absolute Gasteiger partial charge is 0.0946 e. The maximum absolute atomic E-state index is 2.39. The molecular weight excluding hydrogens is 350 g/mol. The number of hydrogen-bond acceptors (Lipinski definition) is 0. The number of rotatable bonds is 13. The van der Waals surface area contributed by atoms with Crippen molar-refractivity contribution in [3.63, 3.8) is 0 Å². The minimum absolute atomic E-state index is 0.359. The van der Waals surface area contributed by atoms with Crippen LogP contribution in [0.3, 0.4) is 0 Å². The number of aryl methyl sites for hydroxylation is 2. The summed E-state index contributed by atoms with van der Waals surface area (Å²) in [5.74, 6) is 0. The Balaban J connectivity index is 1.92. The fourth-order valence-corrected chi connectivity index (χ4v) is 7.57. The maximum Gasteiger partial charge on any atom is 0.0946 e. The molecule has 0 bridgehead atoms. The predicted molar refractivity (Wildman–Crippen MR) is 126 cm³/mol. The van der Waals surface area contributed by atoms with Crippen molar-refractivity contribution in [3.05, 3.63) is 59.7 Å². The summed E-state index contributed by atoms with van der Waals surface area (Å²) >= 11 is 0. The van der Waals surface area contributed by atoms with Gasteiger partial charge in [0.1, 0.15) is 0 Å². The first-order valence-corrected chi connectivity index (χ1v) is 14.0. The van der Waals surface area contributed by atoms with Gasteiger partial charge in [-0.1, -0.05) is 94.8 Å². The fraction of sp³-hybridized carbons (Fsp3) is 0.500. The van der Waals surface area contributed by atoms with Crippen molar-refractivity contribution < 1.29 is 0 Å². The number of unbranched alkanes of at least 4 members (excludes halogenated alkanes) is 6. The van der Waals surface area contributed by atoms with Crippen LogP contribution in [0.4, 0.5) is 0 Å². The first-order chi connectivity index (χ1) is 12.8. The third kappa shape index (κ3) is 7.90. The molecule has 0 saturated heterocycles. The zero-order valence-electron chi connectivity index (χ0n) is 16.8. The van der Waals surface area contributed by atoms with Gasteiger partial charge in [-0.3, -0.25) is 0 Å². The van der Waals surface area contributed by atoms with E-state index in [4.69, 9.17) is 0 Å². The van der Waals surface area contributed by atoms with Crippen molar-refractivity contribution in [2.24, 2.45) is 0 Å².